The van der Waals surface area contributed by atoms with E-state index in [1.807, 2.05) is 6.92 Å². The molecule has 11 heteroatoms. The Morgan fingerprint density at radius 3 is 2.83 bits per heavy atom. The summed E-state index contributed by atoms with van der Waals surface area (Å²) in [6, 6.07) is 5.07. The van der Waals surface area contributed by atoms with Gasteiger partial charge in [-0.3, -0.25) is 9.36 Å². The minimum Gasteiger partial charge on any atom is -0.421 e. The predicted octanol–water partition coefficient (Wildman–Crippen LogP) is 2.37. The van der Waals surface area contributed by atoms with Crippen LogP contribution < -0.4 is 16.6 Å². The smallest absolute Gasteiger partial charge is 0.262 e. The van der Waals surface area contributed by atoms with Gasteiger partial charge >= 0.3 is 0 Å². The summed E-state index contributed by atoms with van der Waals surface area (Å²) in [6.07, 6.45) is 3.76. The summed E-state index contributed by atoms with van der Waals surface area (Å²) >= 11 is 0. The van der Waals surface area contributed by atoms with Crippen LogP contribution in [0.5, 0.6) is 0 Å². The average Bonchev–Trinajstić information content (AvgIpc) is 3.60. The summed E-state index contributed by atoms with van der Waals surface area (Å²) in [5.41, 5.74) is 7.48. The molecular formula is C24H24N8O3. The number of nitrogens with one attached hydrogen (secondary N) is 1. The minimum atomic E-state index is -0.364. The minimum absolute atomic E-state index is 0.0673. The number of aryl methyl sites for hydroxylation is 1. The molecule has 1 aliphatic rings. The van der Waals surface area contributed by atoms with Crippen molar-refractivity contribution < 1.29 is 9.52 Å². The molecule has 4 N–H and O–H groups in total. The molecule has 4 aromatic rings. The molecule has 5 rings (SSSR count). The number of benzene rings is 1. The molecule has 1 atom stereocenters. The highest BCUT2D eigenvalue weighted by Gasteiger charge is 2.32. The second kappa shape index (κ2) is 9.15. The molecule has 35 heavy (non-hydrogen) atoms. The largest absolute Gasteiger partial charge is 0.421 e. The van der Waals surface area contributed by atoms with Crippen LogP contribution in [0.2, 0.25) is 0 Å². The second-order valence-corrected chi connectivity index (χ2v) is 8.25. The molecule has 1 aromatic carbocycles. The van der Waals surface area contributed by atoms with Crippen LogP contribution in [0.3, 0.4) is 0 Å². The van der Waals surface area contributed by atoms with Crippen molar-refractivity contribution in [3.05, 3.63) is 52.2 Å². The fourth-order valence-corrected chi connectivity index (χ4v) is 4.06. The third kappa shape index (κ3) is 4.20. The maximum atomic E-state index is 13.7. The maximum Gasteiger partial charge on any atom is 0.262 e. The van der Waals surface area contributed by atoms with Crippen LogP contribution in [0.15, 0.2) is 33.7 Å². The Morgan fingerprint density at radius 1 is 1.31 bits per heavy atom. The van der Waals surface area contributed by atoms with Crippen molar-refractivity contribution in [3.8, 4) is 23.3 Å². The summed E-state index contributed by atoms with van der Waals surface area (Å²) < 4.78 is 7.34. The van der Waals surface area contributed by atoms with Crippen molar-refractivity contribution in [1.29, 1.82) is 0 Å². The van der Waals surface area contributed by atoms with Crippen LogP contribution in [0, 0.1) is 18.8 Å². The summed E-state index contributed by atoms with van der Waals surface area (Å²) in [4.78, 5) is 27.1. The van der Waals surface area contributed by atoms with Gasteiger partial charge in [-0.1, -0.05) is 24.8 Å². The highest BCUT2D eigenvalue weighted by atomic mass is 16.4. The highest BCUT2D eigenvalue weighted by molar-refractivity contribution is 5.84. The fourth-order valence-electron chi connectivity index (χ4n) is 4.06. The number of aliphatic hydroxyl groups is 1. The summed E-state index contributed by atoms with van der Waals surface area (Å²) in [6.45, 7) is 3.39. The fraction of sp³-hybridized carbons (Fsp3) is 0.333. The quantitative estimate of drug-likeness (QED) is 0.356. The molecule has 3 aromatic heterocycles. The van der Waals surface area contributed by atoms with Gasteiger partial charge in [0, 0.05) is 18.5 Å². The Balaban J connectivity index is 1.65. The Hall–Kier alpha value is -4.30. The van der Waals surface area contributed by atoms with Crippen LogP contribution in [0.4, 0.5) is 11.6 Å². The van der Waals surface area contributed by atoms with Crippen LogP contribution in [-0.4, -0.2) is 41.4 Å². The number of hydrogen-bond donors (Lipinski definition) is 3. The first-order valence-electron chi connectivity index (χ1n) is 11.3. The maximum absolute atomic E-state index is 13.7. The molecule has 1 saturated carbocycles. The van der Waals surface area contributed by atoms with Crippen molar-refractivity contribution in [2.75, 3.05) is 17.7 Å². The Labute approximate surface area is 200 Å². The molecule has 1 unspecified atom stereocenters. The molecule has 0 saturated heterocycles. The molecule has 0 aliphatic heterocycles. The summed E-state index contributed by atoms with van der Waals surface area (Å²) in [5, 5.41) is 20.9. The van der Waals surface area contributed by atoms with E-state index in [-0.39, 0.29) is 36.0 Å². The number of nitrogens with zero attached hydrogens (tertiary/aromatic N) is 6. The zero-order valence-electron chi connectivity index (χ0n) is 19.3. The molecule has 0 spiro atoms. The van der Waals surface area contributed by atoms with Gasteiger partial charge in [-0.2, -0.15) is 0 Å². The number of nitrogens with two attached hydrogens (primary N) is 1. The van der Waals surface area contributed by atoms with Crippen molar-refractivity contribution in [1.82, 2.24) is 29.7 Å². The van der Waals surface area contributed by atoms with E-state index in [0.29, 0.717) is 46.0 Å². The molecule has 1 aliphatic carbocycles. The van der Waals surface area contributed by atoms with Gasteiger partial charge in [-0.25, -0.2) is 15.0 Å². The van der Waals surface area contributed by atoms with E-state index in [1.165, 1.54) is 6.33 Å². The number of aromatic nitrogens is 6. The van der Waals surface area contributed by atoms with E-state index in [1.54, 1.807) is 29.7 Å². The van der Waals surface area contributed by atoms with Crippen LogP contribution in [0.1, 0.15) is 55.5 Å². The zero-order valence-corrected chi connectivity index (χ0v) is 19.3. The van der Waals surface area contributed by atoms with Gasteiger partial charge in [-0.15, -0.1) is 10.2 Å². The number of nitrogen functional groups attached to an aromatic ring is 1. The Morgan fingerprint density at radius 2 is 2.14 bits per heavy atom. The first-order valence-corrected chi connectivity index (χ1v) is 11.3. The lowest BCUT2D eigenvalue weighted by atomic mass is 10.1. The molecule has 0 amide bonds. The number of fused-ring (bicyclic) bond motifs is 1. The van der Waals surface area contributed by atoms with Gasteiger partial charge in [0.25, 0.3) is 11.4 Å². The standard InChI is InChI=1S/C24H24N8O3/c1-3-16(28-21-19(20(25)26-12-27-21)23-31-30-13(2)35-23)22-29-17-8-4-6-14(7-5-11-33)18(17)24(34)32(22)15-9-10-15/h4,6,8,12,15-16,33H,3,9-11H2,1-2H3,(H3,25,26,27,28). The monoisotopic (exact) mass is 472 g/mol. The Bertz CT molecular complexity index is 1530. The highest BCUT2D eigenvalue weighted by Crippen LogP contribution is 2.38. The van der Waals surface area contributed by atoms with E-state index < -0.39 is 0 Å². The molecule has 178 valence electrons. The third-order valence-corrected chi connectivity index (χ3v) is 5.82. The first kappa shape index (κ1) is 22.5. The molecule has 0 radical (unpaired) electrons. The van der Waals surface area contributed by atoms with Gasteiger partial charge in [0.05, 0.1) is 16.9 Å². The van der Waals surface area contributed by atoms with Gasteiger partial charge in [0.2, 0.25) is 5.89 Å². The number of rotatable bonds is 6. The van der Waals surface area contributed by atoms with Crippen molar-refractivity contribution in [2.45, 2.75) is 45.2 Å². The molecule has 11 nitrogen and oxygen atoms in total. The van der Waals surface area contributed by atoms with Crippen molar-refractivity contribution in [3.63, 3.8) is 0 Å². The van der Waals surface area contributed by atoms with E-state index in [9.17, 15) is 4.79 Å². The van der Waals surface area contributed by atoms with Crippen molar-refractivity contribution in [2.24, 2.45) is 0 Å². The summed E-state index contributed by atoms with van der Waals surface area (Å²) in [5.74, 6) is 7.31. The van der Waals surface area contributed by atoms with Gasteiger partial charge < -0.3 is 20.6 Å². The van der Waals surface area contributed by atoms with Crippen LogP contribution in [-0.2, 0) is 0 Å². The third-order valence-electron chi connectivity index (χ3n) is 5.82. The molecule has 1 fully saturated rings. The number of anilines is 2. The van der Waals surface area contributed by atoms with Crippen molar-refractivity contribution >= 4 is 22.5 Å². The predicted molar refractivity (Wildman–Crippen MR) is 129 cm³/mol. The average molecular weight is 473 g/mol. The van der Waals surface area contributed by atoms with Gasteiger partial charge in [-0.05, 0) is 31.4 Å². The molecule has 0 bridgehead atoms. The van der Waals surface area contributed by atoms with E-state index >= 15 is 0 Å². The van der Waals surface area contributed by atoms with Gasteiger partial charge in [0.1, 0.15) is 36.0 Å². The normalized spacial score (nSPS) is 13.9. The van der Waals surface area contributed by atoms with Crippen LogP contribution >= 0.6 is 0 Å². The topological polar surface area (TPSA) is 158 Å². The van der Waals surface area contributed by atoms with Gasteiger partial charge in [0.15, 0.2) is 0 Å². The SMILES string of the molecule is CCC(Nc1ncnc(N)c1-c1nnc(C)o1)c1nc2cccc(C#CCO)c2c(=O)n1C1CC1. The Kier molecular flexibility index (Phi) is 5.88. The second-order valence-electron chi connectivity index (χ2n) is 8.25. The molecule has 3 heterocycles. The lowest BCUT2D eigenvalue weighted by molar-refractivity contribution is 0.350. The first-order chi connectivity index (χ1) is 17.0. The van der Waals surface area contributed by atoms with E-state index in [2.05, 4.69) is 37.3 Å². The van der Waals surface area contributed by atoms with E-state index in [0.717, 1.165) is 12.8 Å². The lowest BCUT2D eigenvalue weighted by Gasteiger charge is -2.23. The zero-order chi connectivity index (χ0) is 24.5. The van der Waals surface area contributed by atoms with E-state index in [4.69, 9.17) is 20.2 Å². The van der Waals surface area contributed by atoms with Crippen LogP contribution in [0.25, 0.3) is 22.4 Å². The number of hydrogen-bond acceptors (Lipinski definition) is 10. The lowest BCUT2D eigenvalue weighted by Crippen LogP contribution is -2.29. The molecular weight excluding hydrogens is 448 g/mol. The summed E-state index contributed by atoms with van der Waals surface area (Å²) in [7, 11) is 0. The number of aliphatic hydroxyl groups excluding tert-OH is 1.